The van der Waals surface area contributed by atoms with Crippen LogP contribution in [0.15, 0.2) is 36.7 Å². The number of carbonyl (C=O) groups is 1. The highest BCUT2D eigenvalue weighted by molar-refractivity contribution is 5.77. The minimum absolute atomic E-state index is 0.0846. The summed E-state index contributed by atoms with van der Waals surface area (Å²) < 4.78 is 6.87. The number of aromatic nitrogens is 4. The van der Waals surface area contributed by atoms with Gasteiger partial charge in [-0.3, -0.25) is 9.48 Å². The molecule has 2 aromatic heterocycles. The molecule has 0 radical (unpaired) electrons. The highest BCUT2D eigenvalue weighted by Gasteiger charge is 2.15. The average Bonchev–Trinajstić information content (AvgIpc) is 3.21. The summed E-state index contributed by atoms with van der Waals surface area (Å²) in [5.41, 5.74) is 2.93. The number of methoxy groups -OCH3 is 1. The zero-order chi connectivity index (χ0) is 17.6. The fraction of sp³-hybridized carbons (Fsp3) is 0.389. The van der Waals surface area contributed by atoms with Crippen molar-refractivity contribution >= 4 is 16.9 Å². The van der Waals surface area contributed by atoms with Crippen LogP contribution in [0, 0.1) is 0 Å². The molecule has 0 aliphatic carbocycles. The monoisotopic (exact) mass is 341 g/mol. The molecule has 0 saturated carbocycles. The fourth-order valence-corrected chi connectivity index (χ4v) is 2.77. The van der Waals surface area contributed by atoms with Crippen molar-refractivity contribution in [1.29, 1.82) is 0 Å². The SMILES string of the molecule is COCCN(Cc1cnn(C)c1)C(=O)CCc1nc2ccccc2[nH]1. The van der Waals surface area contributed by atoms with Gasteiger partial charge < -0.3 is 14.6 Å². The van der Waals surface area contributed by atoms with Crippen LogP contribution in [0.25, 0.3) is 11.0 Å². The van der Waals surface area contributed by atoms with Crippen LogP contribution in [-0.4, -0.2) is 50.8 Å². The molecule has 1 amide bonds. The van der Waals surface area contributed by atoms with Crippen LogP contribution in [0.1, 0.15) is 17.8 Å². The molecule has 0 unspecified atom stereocenters. The molecule has 132 valence electrons. The van der Waals surface area contributed by atoms with E-state index >= 15 is 0 Å². The first kappa shape index (κ1) is 17.2. The van der Waals surface area contributed by atoms with Crippen molar-refractivity contribution in [2.75, 3.05) is 20.3 Å². The van der Waals surface area contributed by atoms with E-state index in [9.17, 15) is 4.79 Å². The molecule has 0 saturated heterocycles. The van der Waals surface area contributed by atoms with Crippen molar-refractivity contribution in [3.05, 3.63) is 48.0 Å². The lowest BCUT2D eigenvalue weighted by molar-refractivity contribution is -0.132. The summed E-state index contributed by atoms with van der Waals surface area (Å²) in [6.45, 7) is 1.61. The van der Waals surface area contributed by atoms with Gasteiger partial charge in [-0.25, -0.2) is 4.98 Å². The summed E-state index contributed by atoms with van der Waals surface area (Å²) in [6.07, 6.45) is 4.70. The van der Waals surface area contributed by atoms with Gasteiger partial charge in [0.1, 0.15) is 5.82 Å². The Hall–Kier alpha value is -2.67. The van der Waals surface area contributed by atoms with Crippen molar-refractivity contribution in [3.8, 4) is 0 Å². The molecular formula is C18H23N5O2. The summed E-state index contributed by atoms with van der Waals surface area (Å²) in [6, 6.07) is 7.87. The molecule has 0 atom stereocenters. The number of aromatic amines is 1. The number of imidazole rings is 1. The van der Waals surface area contributed by atoms with Crippen molar-refractivity contribution in [2.24, 2.45) is 7.05 Å². The number of aryl methyl sites for hydroxylation is 2. The topological polar surface area (TPSA) is 76.0 Å². The zero-order valence-corrected chi connectivity index (χ0v) is 14.6. The number of amides is 1. The van der Waals surface area contributed by atoms with Crippen LogP contribution in [0.3, 0.4) is 0 Å². The number of nitrogens with zero attached hydrogens (tertiary/aromatic N) is 4. The molecule has 7 heteroatoms. The van der Waals surface area contributed by atoms with E-state index in [4.69, 9.17) is 4.74 Å². The molecule has 1 N–H and O–H groups in total. The maximum absolute atomic E-state index is 12.7. The fourth-order valence-electron chi connectivity index (χ4n) is 2.77. The predicted octanol–water partition coefficient (Wildman–Crippen LogP) is 1.90. The second-order valence-corrected chi connectivity index (χ2v) is 6.03. The summed E-state index contributed by atoms with van der Waals surface area (Å²) in [5, 5.41) is 4.16. The largest absolute Gasteiger partial charge is 0.383 e. The van der Waals surface area contributed by atoms with Gasteiger partial charge in [-0.15, -0.1) is 0 Å². The smallest absolute Gasteiger partial charge is 0.223 e. The van der Waals surface area contributed by atoms with Gasteiger partial charge in [0, 0.05) is 51.8 Å². The van der Waals surface area contributed by atoms with Crippen LogP contribution in [0.5, 0.6) is 0 Å². The van der Waals surface area contributed by atoms with Crippen LogP contribution < -0.4 is 0 Å². The van der Waals surface area contributed by atoms with E-state index < -0.39 is 0 Å². The normalized spacial score (nSPS) is 11.1. The summed E-state index contributed by atoms with van der Waals surface area (Å²) in [7, 11) is 3.51. The number of hydrogen-bond donors (Lipinski definition) is 1. The van der Waals surface area contributed by atoms with Crippen LogP contribution >= 0.6 is 0 Å². The van der Waals surface area contributed by atoms with Crippen molar-refractivity contribution in [3.63, 3.8) is 0 Å². The molecular weight excluding hydrogens is 318 g/mol. The van der Waals surface area contributed by atoms with Gasteiger partial charge in [-0.1, -0.05) is 12.1 Å². The van der Waals surface area contributed by atoms with Gasteiger partial charge in [-0.2, -0.15) is 5.10 Å². The van der Waals surface area contributed by atoms with E-state index in [1.54, 1.807) is 18.0 Å². The highest BCUT2D eigenvalue weighted by Crippen LogP contribution is 2.12. The van der Waals surface area contributed by atoms with Gasteiger partial charge in [0.15, 0.2) is 0 Å². The van der Waals surface area contributed by atoms with Crippen LogP contribution in [0.4, 0.5) is 0 Å². The summed E-state index contributed by atoms with van der Waals surface area (Å²) in [4.78, 5) is 22.3. The average molecular weight is 341 g/mol. The third-order valence-electron chi connectivity index (χ3n) is 4.06. The molecule has 0 spiro atoms. The minimum atomic E-state index is 0.0846. The maximum atomic E-state index is 12.7. The van der Waals surface area contributed by atoms with Crippen molar-refractivity contribution < 1.29 is 9.53 Å². The number of H-pyrrole nitrogens is 1. The standard InChI is InChI=1S/C18H23N5O2/c1-22-12-14(11-19-22)13-23(9-10-25-2)18(24)8-7-17-20-15-5-3-4-6-16(15)21-17/h3-6,11-12H,7-10,13H2,1-2H3,(H,20,21). The third kappa shape index (κ3) is 4.45. The number of nitrogens with one attached hydrogen (secondary N) is 1. The lowest BCUT2D eigenvalue weighted by Crippen LogP contribution is -2.33. The van der Waals surface area contributed by atoms with Gasteiger partial charge in [0.25, 0.3) is 0 Å². The molecule has 3 aromatic rings. The molecule has 0 aliphatic rings. The van der Waals surface area contributed by atoms with E-state index in [-0.39, 0.29) is 5.91 Å². The Morgan fingerprint density at radius 3 is 2.92 bits per heavy atom. The zero-order valence-electron chi connectivity index (χ0n) is 14.6. The molecule has 0 aliphatic heterocycles. The van der Waals surface area contributed by atoms with Crippen molar-refractivity contribution in [1.82, 2.24) is 24.6 Å². The van der Waals surface area contributed by atoms with E-state index in [1.807, 2.05) is 42.4 Å². The molecule has 0 fully saturated rings. The predicted molar refractivity (Wildman–Crippen MR) is 94.9 cm³/mol. The quantitative estimate of drug-likeness (QED) is 0.679. The number of fused-ring (bicyclic) bond motifs is 1. The molecule has 25 heavy (non-hydrogen) atoms. The van der Waals surface area contributed by atoms with Crippen LogP contribution in [0.2, 0.25) is 0 Å². The summed E-state index contributed by atoms with van der Waals surface area (Å²) in [5.74, 6) is 0.920. The van der Waals surface area contributed by atoms with E-state index in [0.29, 0.717) is 32.5 Å². The Morgan fingerprint density at radius 1 is 1.36 bits per heavy atom. The van der Waals surface area contributed by atoms with Crippen LogP contribution in [-0.2, 0) is 29.5 Å². The van der Waals surface area contributed by atoms with Gasteiger partial charge >= 0.3 is 0 Å². The Labute approximate surface area is 146 Å². The van der Waals surface area contributed by atoms with Crippen molar-refractivity contribution in [2.45, 2.75) is 19.4 Å². The van der Waals surface area contributed by atoms with E-state index in [1.165, 1.54) is 0 Å². The number of para-hydroxylation sites is 2. The Morgan fingerprint density at radius 2 is 2.20 bits per heavy atom. The summed E-state index contributed by atoms with van der Waals surface area (Å²) >= 11 is 0. The van der Waals surface area contributed by atoms with E-state index in [0.717, 1.165) is 22.4 Å². The first-order chi connectivity index (χ1) is 12.2. The highest BCUT2D eigenvalue weighted by atomic mass is 16.5. The number of ether oxygens (including phenoxy) is 1. The second-order valence-electron chi connectivity index (χ2n) is 6.03. The van der Waals surface area contributed by atoms with Gasteiger partial charge in [-0.05, 0) is 12.1 Å². The minimum Gasteiger partial charge on any atom is -0.383 e. The third-order valence-corrected chi connectivity index (χ3v) is 4.06. The number of rotatable bonds is 8. The molecule has 3 rings (SSSR count). The first-order valence-electron chi connectivity index (χ1n) is 8.33. The van der Waals surface area contributed by atoms with Gasteiger partial charge in [0.2, 0.25) is 5.91 Å². The number of carbonyl (C=O) groups excluding carboxylic acids is 1. The molecule has 0 bridgehead atoms. The Balaban J connectivity index is 1.62. The maximum Gasteiger partial charge on any atom is 0.223 e. The second kappa shape index (κ2) is 7.94. The Kier molecular flexibility index (Phi) is 5.45. The Bertz CT molecular complexity index is 806. The number of hydrogen-bond acceptors (Lipinski definition) is 4. The lowest BCUT2D eigenvalue weighted by atomic mass is 10.2. The molecule has 1 aromatic carbocycles. The molecule has 7 nitrogen and oxygen atoms in total. The lowest BCUT2D eigenvalue weighted by Gasteiger charge is -2.21. The molecule has 2 heterocycles. The first-order valence-corrected chi connectivity index (χ1v) is 8.33. The number of benzene rings is 1. The van der Waals surface area contributed by atoms with E-state index in [2.05, 4.69) is 15.1 Å². The van der Waals surface area contributed by atoms with Gasteiger partial charge in [0.05, 0.1) is 23.8 Å².